The molecule has 4 nitrogen and oxygen atoms in total. The molecule has 1 heterocycles. The van der Waals surface area contributed by atoms with E-state index in [0.29, 0.717) is 5.11 Å². The normalized spacial score (nSPS) is 10.5. The highest BCUT2D eigenvalue weighted by Crippen LogP contribution is 2.07. The average molecular weight is 258 g/mol. The van der Waals surface area contributed by atoms with Crippen LogP contribution in [0.15, 0.2) is 47.7 Å². The van der Waals surface area contributed by atoms with Gasteiger partial charge in [0.1, 0.15) is 0 Å². The molecule has 0 saturated carbocycles. The SMILES string of the molecule is Cc1ccc(NC(=S)N/N=C\c2ccc[nH]2)cc1. The molecule has 0 saturated heterocycles. The molecular weight excluding hydrogens is 244 g/mol. The summed E-state index contributed by atoms with van der Waals surface area (Å²) < 4.78 is 0. The minimum atomic E-state index is 0.460. The van der Waals surface area contributed by atoms with Gasteiger partial charge >= 0.3 is 0 Å². The zero-order valence-electron chi connectivity index (χ0n) is 9.97. The number of hydrazone groups is 1. The van der Waals surface area contributed by atoms with Gasteiger partial charge in [0.05, 0.1) is 11.9 Å². The topological polar surface area (TPSA) is 52.2 Å². The molecule has 0 aliphatic heterocycles. The van der Waals surface area contributed by atoms with Gasteiger partial charge in [0.25, 0.3) is 0 Å². The third-order valence-electron chi connectivity index (χ3n) is 2.30. The highest BCUT2D eigenvalue weighted by atomic mass is 32.1. The van der Waals surface area contributed by atoms with E-state index >= 15 is 0 Å². The Morgan fingerprint density at radius 3 is 2.72 bits per heavy atom. The molecule has 92 valence electrons. The summed E-state index contributed by atoms with van der Waals surface area (Å²) in [5.41, 5.74) is 5.82. The Labute approximate surface area is 111 Å². The summed E-state index contributed by atoms with van der Waals surface area (Å²) in [5.74, 6) is 0. The van der Waals surface area contributed by atoms with Crippen molar-refractivity contribution in [2.24, 2.45) is 5.10 Å². The Bertz CT molecular complexity index is 529. The number of hydrogen-bond donors (Lipinski definition) is 3. The second-order valence-electron chi connectivity index (χ2n) is 3.82. The molecule has 0 aliphatic rings. The Hall–Kier alpha value is -2.14. The number of anilines is 1. The molecule has 2 rings (SSSR count). The largest absolute Gasteiger partial charge is 0.360 e. The lowest BCUT2D eigenvalue weighted by atomic mass is 10.2. The summed E-state index contributed by atoms with van der Waals surface area (Å²) in [5, 5.41) is 7.52. The number of aryl methyl sites for hydroxylation is 1. The molecule has 0 unspecified atom stereocenters. The molecule has 0 atom stereocenters. The Morgan fingerprint density at radius 2 is 2.06 bits per heavy atom. The van der Waals surface area contributed by atoms with E-state index in [0.717, 1.165) is 11.4 Å². The second-order valence-corrected chi connectivity index (χ2v) is 4.22. The van der Waals surface area contributed by atoms with E-state index in [1.807, 2.05) is 49.5 Å². The van der Waals surface area contributed by atoms with Gasteiger partial charge in [-0.1, -0.05) is 17.7 Å². The Balaban J connectivity index is 1.84. The van der Waals surface area contributed by atoms with Crippen LogP contribution in [0, 0.1) is 6.92 Å². The van der Waals surface area contributed by atoms with E-state index < -0.39 is 0 Å². The number of nitrogens with zero attached hydrogens (tertiary/aromatic N) is 1. The van der Waals surface area contributed by atoms with E-state index in [-0.39, 0.29) is 0 Å². The van der Waals surface area contributed by atoms with Crippen molar-refractivity contribution >= 4 is 29.2 Å². The van der Waals surface area contributed by atoms with Gasteiger partial charge in [0.15, 0.2) is 5.11 Å². The monoisotopic (exact) mass is 258 g/mol. The van der Waals surface area contributed by atoms with Crippen molar-refractivity contribution in [3.8, 4) is 0 Å². The summed E-state index contributed by atoms with van der Waals surface area (Å²) in [7, 11) is 0. The predicted octanol–water partition coefficient (Wildman–Crippen LogP) is 2.64. The van der Waals surface area contributed by atoms with Crippen LogP contribution in [-0.4, -0.2) is 16.3 Å². The first-order valence-electron chi connectivity index (χ1n) is 5.54. The van der Waals surface area contributed by atoms with E-state index in [1.165, 1.54) is 5.56 Å². The van der Waals surface area contributed by atoms with Crippen molar-refractivity contribution < 1.29 is 0 Å². The third kappa shape index (κ3) is 3.71. The molecule has 1 aromatic heterocycles. The zero-order valence-corrected chi connectivity index (χ0v) is 10.8. The molecule has 0 spiro atoms. The number of benzene rings is 1. The number of hydrogen-bond acceptors (Lipinski definition) is 2. The maximum Gasteiger partial charge on any atom is 0.191 e. The summed E-state index contributed by atoms with van der Waals surface area (Å²) >= 11 is 5.12. The molecule has 5 heteroatoms. The number of thiocarbonyl (C=S) groups is 1. The fourth-order valence-electron chi connectivity index (χ4n) is 1.38. The molecule has 0 radical (unpaired) electrons. The standard InChI is InChI=1S/C13H14N4S/c1-10-4-6-11(7-5-10)16-13(18)17-15-9-12-3-2-8-14-12/h2-9,14H,1H3,(H2,16,17,18)/b15-9-. The van der Waals surface area contributed by atoms with Crippen molar-refractivity contribution in [2.75, 3.05) is 5.32 Å². The van der Waals surface area contributed by atoms with Gasteiger partial charge in [-0.3, -0.25) is 5.43 Å². The van der Waals surface area contributed by atoms with Crippen LogP contribution in [0.2, 0.25) is 0 Å². The highest BCUT2D eigenvalue weighted by Gasteiger charge is 1.95. The van der Waals surface area contributed by atoms with E-state index in [4.69, 9.17) is 12.2 Å². The van der Waals surface area contributed by atoms with Gasteiger partial charge in [-0.15, -0.1) is 0 Å². The fourth-order valence-corrected chi connectivity index (χ4v) is 1.55. The first kappa shape index (κ1) is 12.3. The van der Waals surface area contributed by atoms with Crippen LogP contribution in [-0.2, 0) is 0 Å². The first-order valence-corrected chi connectivity index (χ1v) is 5.95. The lowest BCUT2D eigenvalue weighted by Gasteiger charge is -2.06. The molecule has 0 amide bonds. The summed E-state index contributed by atoms with van der Waals surface area (Å²) in [6, 6.07) is 11.8. The van der Waals surface area contributed by atoms with Crippen LogP contribution in [0.5, 0.6) is 0 Å². The average Bonchev–Trinajstić information content (AvgIpc) is 2.85. The summed E-state index contributed by atoms with van der Waals surface area (Å²) in [4.78, 5) is 3.01. The summed E-state index contributed by atoms with van der Waals surface area (Å²) in [6.45, 7) is 2.04. The number of aromatic amines is 1. The molecule has 3 N–H and O–H groups in total. The molecule has 18 heavy (non-hydrogen) atoms. The quantitative estimate of drug-likeness (QED) is 0.451. The van der Waals surface area contributed by atoms with Crippen LogP contribution in [0.1, 0.15) is 11.3 Å². The minimum absolute atomic E-state index is 0.460. The maximum absolute atomic E-state index is 5.12. The number of nitrogens with one attached hydrogen (secondary N) is 3. The predicted molar refractivity (Wildman–Crippen MR) is 78.9 cm³/mol. The van der Waals surface area contributed by atoms with E-state index in [9.17, 15) is 0 Å². The third-order valence-corrected chi connectivity index (χ3v) is 2.49. The van der Waals surface area contributed by atoms with Crippen molar-refractivity contribution in [1.82, 2.24) is 10.4 Å². The lowest BCUT2D eigenvalue weighted by molar-refractivity contribution is 1.05. The van der Waals surface area contributed by atoms with Crippen LogP contribution in [0.25, 0.3) is 0 Å². The molecular formula is C13H14N4S. The van der Waals surface area contributed by atoms with Crippen molar-refractivity contribution in [3.63, 3.8) is 0 Å². The Kier molecular flexibility index (Phi) is 4.09. The van der Waals surface area contributed by atoms with Gasteiger partial charge in [-0.25, -0.2) is 0 Å². The number of rotatable bonds is 3. The van der Waals surface area contributed by atoms with Crippen LogP contribution >= 0.6 is 12.2 Å². The number of aromatic nitrogens is 1. The molecule has 0 bridgehead atoms. The summed E-state index contributed by atoms with van der Waals surface area (Å²) in [6.07, 6.45) is 3.51. The smallest absolute Gasteiger partial charge is 0.191 e. The molecule has 2 aromatic rings. The van der Waals surface area contributed by atoms with Gasteiger partial charge in [0.2, 0.25) is 0 Å². The fraction of sp³-hybridized carbons (Fsp3) is 0.0769. The van der Waals surface area contributed by atoms with Crippen LogP contribution < -0.4 is 10.7 Å². The first-order chi connectivity index (χ1) is 8.74. The molecule has 0 aliphatic carbocycles. The van der Waals surface area contributed by atoms with Gasteiger partial charge < -0.3 is 10.3 Å². The van der Waals surface area contributed by atoms with Gasteiger partial charge in [-0.05, 0) is 43.4 Å². The molecule has 1 aromatic carbocycles. The van der Waals surface area contributed by atoms with Crippen molar-refractivity contribution in [3.05, 3.63) is 53.9 Å². The second kappa shape index (κ2) is 5.97. The van der Waals surface area contributed by atoms with Crippen molar-refractivity contribution in [1.29, 1.82) is 0 Å². The highest BCUT2D eigenvalue weighted by molar-refractivity contribution is 7.80. The van der Waals surface area contributed by atoms with Gasteiger partial charge in [0, 0.05) is 11.9 Å². The zero-order chi connectivity index (χ0) is 12.8. The maximum atomic E-state index is 5.12. The van der Waals surface area contributed by atoms with Crippen LogP contribution in [0.4, 0.5) is 5.69 Å². The van der Waals surface area contributed by atoms with Crippen molar-refractivity contribution in [2.45, 2.75) is 6.92 Å². The minimum Gasteiger partial charge on any atom is -0.360 e. The van der Waals surface area contributed by atoms with E-state index in [2.05, 4.69) is 20.8 Å². The van der Waals surface area contributed by atoms with Gasteiger partial charge in [-0.2, -0.15) is 5.10 Å². The molecule has 0 fully saturated rings. The number of H-pyrrole nitrogens is 1. The lowest BCUT2D eigenvalue weighted by Crippen LogP contribution is -2.23. The van der Waals surface area contributed by atoms with E-state index in [1.54, 1.807) is 6.21 Å². The van der Waals surface area contributed by atoms with Crippen LogP contribution in [0.3, 0.4) is 0 Å². The Morgan fingerprint density at radius 1 is 1.28 bits per heavy atom.